The molecule has 0 aliphatic carbocycles. The molecule has 7 heteroatoms. The van der Waals surface area contributed by atoms with Crippen molar-refractivity contribution in [1.82, 2.24) is 0 Å². The highest BCUT2D eigenvalue weighted by Crippen LogP contribution is 2.40. The number of nitrogens with zero attached hydrogens (tertiary/aromatic N) is 1. The molecule has 1 unspecified atom stereocenters. The highest BCUT2D eigenvalue weighted by Gasteiger charge is 2.33. The summed E-state index contributed by atoms with van der Waals surface area (Å²) in [6, 6.07) is 8.53. The van der Waals surface area contributed by atoms with Gasteiger partial charge in [-0.05, 0) is 31.5 Å². The molecule has 3 rings (SSSR count). The lowest BCUT2D eigenvalue weighted by atomic mass is 10.0. The van der Waals surface area contributed by atoms with Gasteiger partial charge in [0.15, 0.2) is 0 Å². The first kappa shape index (κ1) is 15.3. The molecular formula is C15H17NO4S2. The molecule has 0 saturated carbocycles. The number of methoxy groups -OCH3 is 1. The van der Waals surface area contributed by atoms with Gasteiger partial charge in [-0.3, -0.25) is 4.31 Å². The standard InChI is InChI=1S/C15H17NO4S2/c1-10-3-6-15(21-10)22(18,19)16-8-7-14(17)12-5-4-11(20-2)9-13(12)16/h3-6,9,14,17H,7-8H2,1-2H3. The van der Waals surface area contributed by atoms with Crippen LogP contribution in [0.1, 0.15) is 23.0 Å². The molecule has 0 amide bonds. The topological polar surface area (TPSA) is 66.8 Å². The van der Waals surface area contributed by atoms with Gasteiger partial charge in [-0.2, -0.15) is 0 Å². The van der Waals surface area contributed by atoms with E-state index in [2.05, 4.69) is 0 Å². The maximum absolute atomic E-state index is 12.9. The Morgan fingerprint density at radius 3 is 2.73 bits per heavy atom. The summed E-state index contributed by atoms with van der Waals surface area (Å²) in [7, 11) is -2.09. The fourth-order valence-electron chi connectivity index (χ4n) is 2.57. The minimum Gasteiger partial charge on any atom is -0.497 e. The first-order valence-electron chi connectivity index (χ1n) is 6.88. The van der Waals surface area contributed by atoms with Crippen molar-refractivity contribution in [3.05, 3.63) is 40.8 Å². The van der Waals surface area contributed by atoms with E-state index in [-0.39, 0.29) is 6.54 Å². The van der Waals surface area contributed by atoms with E-state index in [9.17, 15) is 13.5 Å². The second-order valence-corrected chi connectivity index (χ2v) is 8.55. The minimum absolute atomic E-state index is 0.251. The van der Waals surface area contributed by atoms with Crippen LogP contribution < -0.4 is 9.04 Å². The van der Waals surface area contributed by atoms with Crippen LogP contribution in [0.5, 0.6) is 5.75 Å². The molecule has 0 radical (unpaired) electrons. The van der Waals surface area contributed by atoms with Crippen LogP contribution >= 0.6 is 11.3 Å². The third kappa shape index (κ3) is 2.49. The van der Waals surface area contributed by atoms with Crippen molar-refractivity contribution < 1.29 is 18.3 Å². The number of anilines is 1. The van der Waals surface area contributed by atoms with E-state index in [0.717, 1.165) is 4.88 Å². The van der Waals surface area contributed by atoms with Gasteiger partial charge in [-0.15, -0.1) is 11.3 Å². The van der Waals surface area contributed by atoms with Gasteiger partial charge in [0.2, 0.25) is 0 Å². The van der Waals surface area contributed by atoms with Crippen LogP contribution in [0, 0.1) is 6.92 Å². The molecule has 0 saturated heterocycles. The average Bonchev–Trinajstić information content (AvgIpc) is 2.94. The molecule has 1 aliphatic rings. The number of hydrogen-bond donors (Lipinski definition) is 1. The van der Waals surface area contributed by atoms with Crippen molar-refractivity contribution in [1.29, 1.82) is 0 Å². The largest absolute Gasteiger partial charge is 0.497 e. The van der Waals surface area contributed by atoms with Crippen molar-refractivity contribution in [2.45, 2.75) is 23.7 Å². The van der Waals surface area contributed by atoms with Gasteiger partial charge in [0.1, 0.15) is 9.96 Å². The molecule has 2 heterocycles. The van der Waals surface area contributed by atoms with Gasteiger partial charge in [0, 0.05) is 23.1 Å². The van der Waals surface area contributed by atoms with E-state index >= 15 is 0 Å². The first-order valence-corrected chi connectivity index (χ1v) is 9.14. The predicted octanol–water partition coefficient (Wildman–Crippen LogP) is 2.70. The minimum atomic E-state index is -3.62. The number of fused-ring (bicyclic) bond motifs is 1. The number of benzene rings is 1. The zero-order valence-electron chi connectivity index (χ0n) is 12.3. The van der Waals surface area contributed by atoms with Crippen LogP contribution in [-0.4, -0.2) is 27.2 Å². The molecule has 1 aromatic heterocycles. The fourth-order valence-corrected chi connectivity index (χ4v) is 5.47. The lowest BCUT2D eigenvalue weighted by molar-refractivity contribution is 0.166. The van der Waals surface area contributed by atoms with Crippen LogP contribution in [-0.2, 0) is 10.0 Å². The second kappa shape index (κ2) is 5.57. The number of aryl methyl sites for hydroxylation is 1. The Morgan fingerprint density at radius 1 is 1.32 bits per heavy atom. The Hall–Kier alpha value is -1.57. The van der Waals surface area contributed by atoms with E-state index in [4.69, 9.17) is 4.74 Å². The third-order valence-corrected chi connectivity index (χ3v) is 7.01. The Morgan fingerprint density at radius 2 is 2.09 bits per heavy atom. The van der Waals surface area contributed by atoms with E-state index < -0.39 is 16.1 Å². The number of aliphatic hydroxyl groups excluding tert-OH is 1. The smallest absolute Gasteiger partial charge is 0.273 e. The molecule has 22 heavy (non-hydrogen) atoms. The van der Waals surface area contributed by atoms with Crippen molar-refractivity contribution in [2.75, 3.05) is 18.0 Å². The van der Waals surface area contributed by atoms with Gasteiger partial charge >= 0.3 is 0 Å². The summed E-state index contributed by atoms with van der Waals surface area (Å²) in [6.45, 7) is 2.13. The molecule has 0 spiro atoms. The third-order valence-electron chi connectivity index (χ3n) is 3.73. The summed E-state index contributed by atoms with van der Waals surface area (Å²) in [5.74, 6) is 0.565. The van der Waals surface area contributed by atoms with Crippen LogP contribution in [0.3, 0.4) is 0 Å². The maximum Gasteiger partial charge on any atom is 0.273 e. The zero-order chi connectivity index (χ0) is 15.9. The normalized spacial score (nSPS) is 18.1. The van der Waals surface area contributed by atoms with E-state index in [1.54, 1.807) is 30.3 Å². The molecule has 118 valence electrons. The first-order chi connectivity index (χ1) is 10.4. The Bertz CT molecular complexity index is 798. The molecule has 1 aliphatic heterocycles. The Balaban J connectivity index is 2.12. The molecule has 0 fully saturated rings. The van der Waals surface area contributed by atoms with E-state index in [0.29, 0.717) is 27.6 Å². The molecule has 5 nitrogen and oxygen atoms in total. The SMILES string of the molecule is COc1ccc2c(c1)N(S(=O)(=O)c1ccc(C)s1)CCC2O. The average molecular weight is 339 g/mol. The van der Waals surface area contributed by atoms with Crippen LogP contribution in [0.25, 0.3) is 0 Å². The number of aliphatic hydroxyl groups is 1. The second-order valence-electron chi connectivity index (χ2n) is 5.17. The van der Waals surface area contributed by atoms with Crippen LogP contribution in [0.15, 0.2) is 34.5 Å². The fraction of sp³-hybridized carbons (Fsp3) is 0.333. The number of hydrogen-bond acceptors (Lipinski definition) is 5. The van der Waals surface area contributed by atoms with E-state index in [1.165, 1.54) is 22.8 Å². The lowest BCUT2D eigenvalue weighted by Gasteiger charge is -2.32. The summed E-state index contributed by atoms with van der Waals surface area (Å²) in [5.41, 5.74) is 1.10. The lowest BCUT2D eigenvalue weighted by Crippen LogP contribution is -2.36. The van der Waals surface area contributed by atoms with Crippen molar-refractivity contribution in [2.24, 2.45) is 0 Å². The predicted molar refractivity (Wildman–Crippen MR) is 86.2 cm³/mol. The number of ether oxygens (including phenoxy) is 1. The highest BCUT2D eigenvalue weighted by molar-refractivity contribution is 7.94. The maximum atomic E-state index is 12.9. The molecule has 1 atom stereocenters. The van der Waals surface area contributed by atoms with Crippen LogP contribution in [0.4, 0.5) is 5.69 Å². The van der Waals surface area contributed by atoms with Crippen molar-refractivity contribution in [3.63, 3.8) is 0 Å². The molecule has 2 aromatic rings. The van der Waals surface area contributed by atoms with Gasteiger partial charge in [0.25, 0.3) is 10.0 Å². The molecular weight excluding hydrogens is 322 g/mol. The number of thiophene rings is 1. The van der Waals surface area contributed by atoms with Crippen molar-refractivity contribution in [3.8, 4) is 5.75 Å². The van der Waals surface area contributed by atoms with Gasteiger partial charge in [-0.1, -0.05) is 6.07 Å². The van der Waals surface area contributed by atoms with Gasteiger partial charge in [-0.25, -0.2) is 8.42 Å². The summed E-state index contributed by atoms with van der Waals surface area (Å²) < 4.78 is 32.6. The van der Waals surface area contributed by atoms with E-state index in [1.807, 2.05) is 6.92 Å². The summed E-state index contributed by atoms with van der Waals surface area (Å²) in [4.78, 5) is 0.946. The monoisotopic (exact) mass is 339 g/mol. The van der Waals surface area contributed by atoms with Crippen LogP contribution in [0.2, 0.25) is 0 Å². The zero-order valence-corrected chi connectivity index (χ0v) is 13.9. The molecule has 0 bridgehead atoms. The molecule has 1 N–H and O–H groups in total. The number of rotatable bonds is 3. The van der Waals surface area contributed by atoms with Gasteiger partial charge < -0.3 is 9.84 Å². The Labute approximate surface area is 133 Å². The Kier molecular flexibility index (Phi) is 3.88. The number of sulfonamides is 1. The summed E-state index contributed by atoms with van der Waals surface area (Å²) >= 11 is 1.25. The van der Waals surface area contributed by atoms with Crippen molar-refractivity contribution >= 4 is 27.0 Å². The highest BCUT2D eigenvalue weighted by atomic mass is 32.2. The summed E-state index contributed by atoms with van der Waals surface area (Å²) in [6.07, 6.45) is -0.277. The van der Waals surface area contributed by atoms with Gasteiger partial charge in [0.05, 0.1) is 18.9 Å². The molecule has 1 aromatic carbocycles. The summed E-state index contributed by atoms with van der Waals surface area (Å²) in [5, 5.41) is 10.1. The quantitative estimate of drug-likeness (QED) is 0.934.